The Morgan fingerprint density at radius 1 is 1.16 bits per heavy atom. The number of carbonyl (C=O) groups excluding carboxylic acids is 1. The van der Waals surface area contributed by atoms with Crippen LogP contribution >= 0.6 is 11.6 Å². The summed E-state index contributed by atoms with van der Waals surface area (Å²) in [6.07, 6.45) is 1.48. The van der Waals surface area contributed by atoms with E-state index in [2.05, 4.69) is 21.7 Å². The molecule has 3 aromatic rings. The zero-order chi connectivity index (χ0) is 23.3. The predicted octanol–water partition coefficient (Wildman–Crippen LogP) is 4.06. The molecular formula is C23H25ClN4O3S. The van der Waals surface area contributed by atoms with Gasteiger partial charge in [0.2, 0.25) is 10.0 Å². The van der Waals surface area contributed by atoms with Crippen LogP contribution in [0, 0.1) is 13.8 Å². The van der Waals surface area contributed by atoms with E-state index in [4.69, 9.17) is 11.6 Å². The van der Waals surface area contributed by atoms with Crippen molar-refractivity contribution in [1.82, 2.24) is 14.5 Å². The summed E-state index contributed by atoms with van der Waals surface area (Å²) >= 11 is 6.25. The van der Waals surface area contributed by atoms with Gasteiger partial charge in [-0.2, -0.15) is 5.10 Å². The molecule has 0 bridgehead atoms. The largest absolute Gasteiger partial charge is 0.322 e. The van der Waals surface area contributed by atoms with E-state index in [9.17, 15) is 13.2 Å². The van der Waals surface area contributed by atoms with Crippen molar-refractivity contribution in [2.24, 2.45) is 0 Å². The highest BCUT2D eigenvalue weighted by molar-refractivity contribution is 7.88. The summed E-state index contributed by atoms with van der Waals surface area (Å²) in [6.45, 7) is 7.77. The number of carbonyl (C=O) groups is 1. The van der Waals surface area contributed by atoms with E-state index in [1.807, 2.05) is 31.2 Å². The highest BCUT2D eigenvalue weighted by Gasteiger charge is 2.19. The Morgan fingerprint density at radius 3 is 2.50 bits per heavy atom. The van der Waals surface area contributed by atoms with Crippen LogP contribution in [-0.4, -0.2) is 30.7 Å². The molecule has 3 rings (SSSR count). The minimum absolute atomic E-state index is 0.151. The van der Waals surface area contributed by atoms with Crippen LogP contribution in [0.15, 0.2) is 61.2 Å². The average molecular weight is 473 g/mol. The predicted molar refractivity (Wildman–Crippen MR) is 127 cm³/mol. The number of anilines is 1. The average Bonchev–Trinajstić information content (AvgIpc) is 3.02. The molecule has 0 aliphatic heterocycles. The van der Waals surface area contributed by atoms with Crippen LogP contribution in [0.25, 0.3) is 0 Å². The molecule has 0 aliphatic rings. The Balaban J connectivity index is 1.71. The molecule has 0 saturated heterocycles. The van der Waals surface area contributed by atoms with E-state index in [0.29, 0.717) is 34.1 Å². The number of hydrogen-bond acceptors (Lipinski definition) is 4. The molecule has 9 heteroatoms. The fourth-order valence-corrected chi connectivity index (χ4v) is 4.60. The van der Waals surface area contributed by atoms with Gasteiger partial charge in [0, 0.05) is 22.9 Å². The third-order valence-corrected chi connectivity index (χ3v) is 6.59. The normalized spacial score (nSPS) is 11.3. The topological polar surface area (TPSA) is 93.1 Å². The molecule has 0 saturated carbocycles. The lowest BCUT2D eigenvalue weighted by molar-refractivity contribution is 0.102. The highest BCUT2D eigenvalue weighted by atomic mass is 35.5. The summed E-state index contributed by atoms with van der Waals surface area (Å²) in [5, 5.41) is 8.01. The van der Waals surface area contributed by atoms with Gasteiger partial charge in [0.1, 0.15) is 0 Å². The molecular weight excluding hydrogens is 448 g/mol. The van der Waals surface area contributed by atoms with E-state index in [0.717, 1.165) is 11.3 Å². The lowest BCUT2D eigenvalue weighted by Crippen LogP contribution is -2.25. The number of halogens is 1. The van der Waals surface area contributed by atoms with Gasteiger partial charge < -0.3 is 5.32 Å². The maximum atomic E-state index is 12.9. The van der Waals surface area contributed by atoms with Crippen LogP contribution in [0.1, 0.15) is 32.9 Å². The molecule has 0 unspecified atom stereocenters. The van der Waals surface area contributed by atoms with Gasteiger partial charge in [-0.3, -0.25) is 9.48 Å². The van der Waals surface area contributed by atoms with E-state index >= 15 is 0 Å². The van der Waals surface area contributed by atoms with Crippen molar-refractivity contribution in [1.29, 1.82) is 0 Å². The Morgan fingerprint density at radius 2 is 1.84 bits per heavy atom. The van der Waals surface area contributed by atoms with Gasteiger partial charge in [-0.1, -0.05) is 48.0 Å². The lowest BCUT2D eigenvalue weighted by Gasteiger charge is -2.09. The number of hydrogen-bond donors (Lipinski definition) is 2. The van der Waals surface area contributed by atoms with Gasteiger partial charge in [-0.15, -0.1) is 6.58 Å². The first-order valence-electron chi connectivity index (χ1n) is 9.96. The SMILES string of the molecule is C=CCNS(=O)(=O)Cc1ccc(NC(=O)c2c(C)nn(Cc3ccccc3Cl)c2C)cc1. The summed E-state index contributed by atoms with van der Waals surface area (Å²) in [5.74, 6) is -0.430. The summed E-state index contributed by atoms with van der Waals surface area (Å²) in [4.78, 5) is 12.9. The van der Waals surface area contributed by atoms with Crippen molar-refractivity contribution in [3.8, 4) is 0 Å². The zero-order valence-corrected chi connectivity index (χ0v) is 19.5. The van der Waals surface area contributed by atoms with E-state index in [-0.39, 0.29) is 18.2 Å². The minimum atomic E-state index is -3.44. The molecule has 0 aliphatic carbocycles. The summed E-state index contributed by atoms with van der Waals surface area (Å²) in [6, 6.07) is 14.2. The molecule has 0 fully saturated rings. The number of aromatic nitrogens is 2. The van der Waals surface area contributed by atoms with Crippen LogP contribution in [-0.2, 0) is 22.3 Å². The van der Waals surface area contributed by atoms with E-state index in [1.165, 1.54) is 6.08 Å². The quantitative estimate of drug-likeness (QED) is 0.459. The summed E-state index contributed by atoms with van der Waals surface area (Å²) < 4.78 is 28.2. The first-order valence-corrected chi connectivity index (χ1v) is 12.0. The number of rotatable bonds is 9. The van der Waals surface area contributed by atoms with Crippen LogP contribution in [0.3, 0.4) is 0 Å². The van der Waals surface area contributed by atoms with Crippen molar-refractivity contribution in [2.45, 2.75) is 26.1 Å². The maximum Gasteiger partial charge on any atom is 0.259 e. The van der Waals surface area contributed by atoms with Crippen molar-refractivity contribution in [3.63, 3.8) is 0 Å². The van der Waals surface area contributed by atoms with Crippen molar-refractivity contribution in [2.75, 3.05) is 11.9 Å². The lowest BCUT2D eigenvalue weighted by atomic mass is 10.1. The van der Waals surface area contributed by atoms with Crippen LogP contribution < -0.4 is 10.0 Å². The van der Waals surface area contributed by atoms with Gasteiger partial charge in [0.05, 0.1) is 23.6 Å². The molecule has 1 amide bonds. The molecule has 32 heavy (non-hydrogen) atoms. The molecule has 2 aromatic carbocycles. The first-order chi connectivity index (χ1) is 15.2. The van der Waals surface area contributed by atoms with Gasteiger partial charge in [-0.25, -0.2) is 13.1 Å². The molecule has 0 atom stereocenters. The first kappa shape index (κ1) is 23.7. The number of amides is 1. The Labute approximate surface area is 193 Å². The Kier molecular flexibility index (Phi) is 7.50. The van der Waals surface area contributed by atoms with Crippen LogP contribution in [0.4, 0.5) is 5.69 Å². The number of benzene rings is 2. The van der Waals surface area contributed by atoms with Crippen molar-refractivity contribution in [3.05, 3.63) is 94.3 Å². The summed E-state index contributed by atoms with van der Waals surface area (Å²) in [7, 11) is -3.44. The standard InChI is InChI=1S/C23H25ClN4O3S/c1-4-13-25-32(30,31)15-18-9-11-20(12-10-18)26-23(29)22-16(2)27-28(17(22)3)14-19-7-5-6-8-21(19)24/h4-12,25H,1,13-15H2,2-3H3,(H,26,29). The van der Waals surface area contributed by atoms with E-state index < -0.39 is 10.0 Å². The number of nitrogens with one attached hydrogen (secondary N) is 2. The molecule has 1 heterocycles. The third-order valence-electron chi connectivity index (χ3n) is 4.90. The molecule has 0 radical (unpaired) electrons. The van der Waals surface area contributed by atoms with Gasteiger partial charge >= 0.3 is 0 Å². The monoisotopic (exact) mass is 472 g/mol. The molecule has 2 N–H and O–H groups in total. The van der Waals surface area contributed by atoms with Crippen LogP contribution in [0.5, 0.6) is 0 Å². The smallest absolute Gasteiger partial charge is 0.259 e. The number of nitrogens with zero attached hydrogens (tertiary/aromatic N) is 2. The van der Waals surface area contributed by atoms with Crippen molar-refractivity contribution >= 4 is 33.2 Å². The molecule has 0 spiro atoms. The minimum Gasteiger partial charge on any atom is -0.322 e. The molecule has 1 aromatic heterocycles. The fourth-order valence-electron chi connectivity index (χ4n) is 3.30. The second kappa shape index (κ2) is 10.1. The summed E-state index contributed by atoms with van der Waals surface area (Å²) in [5.41, 5.74) is 3.93. The fraction of sp³-hybridized carbons (Fsp3) is 0.217. The van der Waals surface area contributed by atoms with Crippen LogP contribution in [0.2, 0.25) is 5.02 Å². The van der Waals surface area contributed by atoms with E-state index in [1.54, 1.807) is 35.9 Å². The van der Waals surface area contributed by atoms with Gasteiger partial charge in [-0.05, 0) is 43.2 Å². The maximum absolute atomic E-state index is 12.9. The van der Waals surface area contributed by atoms with Gasteiger partial charge in [0.25, 0.3) is 5.91 Å². The highest BCUT2D eigenvalue weighted by Crippen LogP contribution is 2.21. The van der Waals surface area contributed by atoms with Crippen molar-refractivity contribution < 1.29 is 13.2 Å². The molecule has 168 valence electrons. The number of sulfonamides is 1. The zero-order valence-electron chi connectivity index (χ0n) is 17.9. The third kappa shape index (κ3) is 5.85. The Hall–Kier alpha value is -2.94. The number of aryl methyl sites for hydroxylation is 1. The second-order valence-corrected chi connectivity index (χ2v) is 9.56. The Bertz CT molecular complexity index is 1230. The second-order valence-electron chi connectivity index (χ2n) is 7.34. The van der Waals surface area contributed by atoms with Gasteiger partial charge in [0.15, 0.2) is 0 Å². The molecule has 7 nitrogen and oxygen atoms in total.